The SMILES string of the molecule is Cn1c(=O)c(=O)n(C2CCN(C(=O)C3=CCC(=O)CC3)CC2)c2nc(Cl)ccc21. The minimum atomic E-state index is -0.631. The molecule has 0 radical (unpaired) electrons. The molecule has 4 rings (SSSR count). The van der Waals surface area contributed by atoms with Crippen molar-refractivity contribution in [3.63, 3.8) is 0 Å². The summed E-state index contributed by atoms with van der Waals surface area (Å²) >= 11 is 6.04. The molecule has 1 saturated heterocycles. The summed E-state index contributed by atoms with van der Waals surface area (Å²) in [5.41, 5.74) is 0.357. The highest BCUT2D eigenvalue weighted by Gasteiger charge is 2.29. The first-order chi connectivity index (χ1) is 13.9. The zero-order valence-electron chi connectivity index (χ0n) is 16.1. The molecule has 1 aliphatic heterocycles. The third kappa shape index (κ3) is 3.53. The number of amides is 1. The number of halogens is 1. The van der Waals surface area contributed by atoms with Gasteiger partial charge < -0.3 is 9.47 Å². The summed E-state index contributed by atoms with van der Waals surface area (Å²) in [5.74, 6) is 0.113. The van der Waals surface area contributed by atoms with Gasteiger partial charge in [0.15, 0.2) is 5.65 Å². The van der Waals surface area contributed by atoms with Crippen molar-refractivity contribution < 1.29 is 9.59 Å². The molecule has 1 amide bonds. The predicted octanol–water partition coefficient (Wildman–Crippen LogP) is 1.59. The van der Waals surface area contributed by atoms with Crippen LogP contribution in [0.2, 0.25) is 5.15 Å². The van der Waals surface area contributed by atoms with Crippen molar-refractivity contribution in [3.05, 3.63) is 49.6 Å². The van der Waals surface area contributed by atoms with Gasteiger partial charge in [-0.15, -0.1) is 0 Å². The number of ketones is 1. The molecule has 29 heavy (non-hydrogen) atoms. The zero-order valence-corrected chi connectivity index (χ0v) is 16.8. The number of Topliss-reactive ketones (excluding diaryl/α,β-unsaturated/α-hetero) is 1. The van der Waals surface area contributed by atoms with Crippen LogP contribution in [0.25, 0.3) is 11.2 Å². The Bertz CT molecular complexity index is 1160. The number of hydrogen-bond acceptors (Lipinski definition) is 5. The fourth-order valence-corrected chi connectivity index (χ4v) is 4.23. The van der Waals surface area contributed by atoms with E-state index in [1.165, 1.54) is 16.2 Å². The van der Waals surface area contributed by atoms with E-state index >= 15 is 0 Å². The third-order valence-electron chi connectivity index (χ3n) is 5.76. The van der Waals surface area contributed by atoms with Gasteiger partial charge in [0, 0.05) is 44.6 Å². The Labute approximate surface area is 171 Å². The summed E-state index contributed by atoms with van der Waals surface area (Å²) < 4.78 is 2.72. The number of likely N-dealkylation sites (tertiary alicyclic amines) is 1. The van der Waals surface area contributed by atoms with Crippen LogP contribution in [0.4, 0.5) is 0 Å². The van der Waals surface area contributed by atoms with E-state index in [-0.39, 0.29) is 22.9 Å². The highest BCUT2D eigenvalue weighted by molar-refractivity contribution is 6.29. The van der Waals surface area contributed by atoms with Crippen molar-refractivity contribution >= 4 is 34.5 Å². The van der Waals surface area contributed by atoms with Gasteiger partial charge in [-0.25, -0.2) is 4.98 Å². The number of fused-ring (bicyclic) bond motifs is 1. The number of carbonyl (C=O) groups excluding carboxylic acids is 2. The van der Waals surface area contributed by atoms with Crippen LogP contribution in [0.15, 0.2) is 33.4 Å². The third-order valence-corrected chi connectivity index (χ3v) is 5.97. The van der Waals surface area contributed by atoms with E-state index in [1.807, 2.05) is 0 Å². The maximum Gasteiger partial charge on any atom is 0.318 e. The van der Waals surface area contributed by atoms with Gasteiger partial charge in [-0.1, -0.05) is 17.7 Å². The largest absolute Gasteiger partial charge is 0.339 e. The van der Waals surface area contributed by atoms with E-state index in [9.17, 15) is 19.2 Å². The number of pyridine rings is 1. The summed E-state index contributed by atoms with van der Waals surface area (Å²) in [7, 11) is 1.54. The second-order valence-electron chi connectivity index (χ2n) is 7.51. The highest BCUT2D eigenvalue weighted by atomic mass is 35.5. The fraction of sp³-hybridized carbons (Fsp3) is 0.450. The van der Waals surface area contributed by atoms with Crippen LogP contribution in [0, 0.1) is 0 Å². The van der Waals surface area contributed by atoms with E-state index in [0.717, 1.165) is 0 Å². The van der Waals surface area contributed by atoms with Crippen molar-refractivity contribution in [1.82, 2.24) is 19.0 Å². The predicted molar refractivity (Wildman–Crippen MR) is 108 cm³/mol. The molecule has 2 aromatic heterocycles. The lowest BCUT2D eigenvalue weighted by molar-refractivity contribution is -0.128. The van der Waals surface area contributed by atoms with Gasteiger partial charge in [0.05, 0.1) is 5.52 Å². The molecule has 0 saturated carbocycles. The summed E-state index contributed by atoms with van der Waals surface area (Å²) in [4.78, 5) is 55.3. The molecule has 9 heteroatoms. The van der Waals surface area contributed by atoms with Gasteiger partial charge in [-0.3, -0.25) is 23.7 Å². The van der Waals surface area contributed by atoms with Crippen molar-refractivity contribution in [1.29, 1.82) is 0 Å². The maximum absolute atomic E-state index is 12.7. The summed E-state index contributed by atoms with van der Waals surface area (Å²) in [6, 6.07) is 3.02. The Hall–Kier alpha value is -2.74. The van der Waals surface area contributed by atoms with Crippen molar-refractivity contribution in [2.75, 3.05) is 13.1 Å². The Balaban J connectivity index is 1.61. The smallest absolute Gasteiger partial charge is 0.318 e. The molecular weight excluding hydrogens is 396 g/mol. The topological polar surface area (TPSA) is 94.3 Å². The van der Waals surface area contributed by atoms with Crippen molar-refractivity contribution in [2.24, 2.45) is 7.05 Å². The molecular formula is C20H21ClN4O4. The molecule has 0 bridgehead atoms. The van der Waals surface area contributed by atoms with Gasteiger partial charge in [0.1, 0.15) is 10.9 Å². The molecule has 1 aliphatic carbocycles. The Morgan fingerprint density at radius 1 is 1.10 bits per heavy atom. The number of allylic oxidation sites excluding steroid dienone is 1. The molecule has 2 aliphatic rings. The van der Waals surface area contributed by atoms with E-state index in [4.69, 9.17) is 11.6 Å². The van der Waals surface area contributed by atoms with Crippen LogP contribution < -0.4 is 11.1 Å². The molecule has 0 unspecified atom stereocenters. The molecule has 3 heterocycles. The number of carbonyl (C=O) groups is 2. The summed E-state index contributed by atoms with van der Waals surface area (Å²) in [5, 5.41) is 0.246. The van der Waals surface area contributed by atoms with Crippen LogP contribution in [-0.4, -0.2) is 43.8 Å². The van der Waals surface area contributed by atoms with Gasteiger partial charge in [-0.05, 0) is 31.4 Å². The first-order valence-electron chi connectivity index (χ1n) is 9.64. The standard InChI is InChI=1S/C20H21ClN4O4/c1-23-15-6-7-16(21)22-17(15)25(20(29)19(23)28)13-8-10-24(11-9-13)18(27)12-2-4-14(26)5-3-12/h2,6-7,13H,3-5,8-11H2,1H3. The van der Waals surface area contributed by atoms with Gasteiger partial charge in [0.25, 0.3) is 0 Å². The molecule has 0 N–H and O–H groups in total. The molecule has 152 valence electrons. The minimum absolute atomic E-state index is 0.0432. The monoisotopic (exact) mass is 416 g/mol. The average molecular weight is 417 g/mol. The maximum atomic E-state index is 12.7. The normalized spacial score (nSPS) is 18.2. The Morgan fingerprint density at radius 3 is 2.48 bits per heavy atom. The number of piperidine rings is 1. The second kappa shape index (κ2) is 7.59. The summed E-state index contributed by atoms with van der Waals surface area (Å²) in [6.07, 6.45) is 4.01. The average Bonchev–Trinajstić information content (AvgIpc) is 2.73. The number of rotatable bonds is 2. The van der Waals surface area contributed by atoms with Crippen molar-refractivity contribution in [2.45, 2.75) is 38.1 Å². The summed E-state index contributed by atoms with van der Waals surface area (Å²) in [6.45, 7) is 0.941. The van der Waals surface area contributed by atoms with Crippen LogP contribution in [0.1, 0.15) is 38.1 Å². The number of nitrogens with zero attached hydrogens (tertiary/aromatic N) is 4. The Kier molecular flexibility index (Phi) is 5.12. The van der Waals surface area contributed by atoms with Gasteiger partial charge in [0.2, 0.25) is 5.91 Å². The highest BCUT2D eigenvalue weighted by Crippen LogP contribution is 2.26. The number of aromatic nitrogens is 3. The molecule has 0 atom stereocenters. The van der Waals surface area contributed by atoms with Crippen molar-refractivity contribution in [3.8, 4) is 0 Å². The quantitative estimate of drug-likeness (QED) is 0.547. The first-order valence-corrected chi connectivity index (χ1v) is 10.0. The van der Waals surface area contributed by atoms with Gasteiger partial charge >= 0.3 is 11.1 Å². The number of aryl methyl sites for hydroxylation is 1. The van der Waals surface area contributed by atoms with E-state index in [0.29, 0.717) is 61.9 Å². The lowest BCUT2D eigenvalue weighted by Gasteiger charge is -2.34. The first kappa shape index (κ1) is 19.6. The molecule has 1 fully saturated rings. The van der Waals surface area contributed by atoms with E-state index in [1.54, 1.807) is 23.1 Å². The zero-order chi connectivity index (χ0) is 20.7. The van der Waals surface area contributed by atoms with Crippen LogP contribution >= 0.6 is 11.6 Å². The minimum Gasteiger partial charge on any atom is -0.339 e. The van der Waals surface area contributed by atoms with Crippen LogP contribution in [0.5, 0.6) is 0 Å². The molecule has 0 aromatic carbocycles. The van der Waals surface area contributed by atoms with E-state index < -0.39 is 11.1 Å². The molecule has 0 spiro atoms. The molecule has 2 aromatic rings. The van der Waals surface area contributed by atoms with Gasteiger partial charge in [-0.2, -0.15) is 0 Å². The van der Waals surface area contributed by atoms with Crippen LogP contribution in [-0.2, 0) is 16.6 Å². The van der Waals surface area contributed by atoms with E-state index in [2.05, 4.69) is 4.98 Å². The lowest BCUT2D eigenvalue weighted by Crippen LogP contribution is -2.46. The lowest BCUT2D eigenvalue weighted by atomic mass is 9.96. The van der Waals surface area contributed by atoms with Crippen LogP contribution in [0.3, 0.4) is 0 Å². The second-order valence-corrected chi connectivity index (χ2v) is 7.90. The molecule has 8 nitrogen and oxygen atoms in total. The fourth-order valence-electron chi connectivity index (χ4n) is 4.09. The number of hydrogen-bond donors (Lipinski definition) is 0. The Morgan fingerprint density at radius 2 is 1.83 bits per heavy atom.